The summed E-state index contributed by atoms with van der Waals surface area (Å²) in [5, 5.41) is 3.67. The molecule has 1 aliphatic rings. The third kappa shape index (κ3) is 3.45. The summed E-state index contributed by atoms with van der Waals surface area (Å²) in [6, 6.07) is 14.7. The van der Waals surface area contributed by atoms with Gasteiger partial charge in [-0.15, -0.1) is 0 Å². The molecule has 0 saturated carbocycles. The molecule has 0 radical (unpaired) electrons. The van der Waals surface area contributed by atoms with Crippen molar-refractivity contribution in [2.75, 3.05) is 5.32 Å². The molecule has 0 aliphatic carbocycles. The van der Waals surface area contributed by atoms with Gasteiger partial charge in [0.25, 0.3) is 0 Å². The Morgan fingerprint density at radius 3 is 2.64 bits per heavy atom. The number of halogens is 1. The summed E-state index contributed by atoms with van der Waals surface area (Å²) >= 11 is 3.56. The van der Waals surface area contributed by atoms with Gasteiger partial charge in [0, 0.05) is 28.1 Å². The van der Waals surface area contributed by atoms with Crippen molar-refractivity contribution in [3.8, 4) is 0 Å². The van der Waals surface area contributed by atoms with E-state index in [0.29, 0.717) is 0 Å². The Hall–Kier alpha value is -1.81. The van der Waals surface area contributed by atoms with Crippen LogP contribution < -0.4 is 5.32 Å². The highest BCUT2D eigenvalue weighted by atomic mass is 79.9. The summed E-state index contributed by atoms with van der Waals surface area (Å²) in [4.78, 5) is 11.8. The van der Waals surface area contributed by atoms with Crippen molar-refractivity contribution in [2.45, 2.75) is 46.3 Å². The zero-order valence-corrected chi connectivity index (χ0v) is 16.7. The van der Waals surface area contributed by atoms with E-state index in [1.165, 1.54) is 18.1 Å². The van der Waals surface area contributed by atoms with E-state index in [2.05, 4.69) is 72.3 Å². The molecule has 0 spiro atoms. The summed E-state index contributed by atoms with van der Waals surface area (Å²) in [6.45, 7) is 7.92. The number of anilines is 1. The first-order valence-corrected chi connectivity index (χ1v) is 9.44. The van der Waals surface area contributed by atoms with Crippen molar-refractivity contribution in [1.82, 2.24) is 0 Å². The van der Waals surface area contributed by atoms with E-state index in [1.807, 2.05) is 12.1 Å². The number of fused-ring (bicyclic) bond motifs is 1. The number of ether oxygens (including phenoxy) is 1. The minimum absolute atomic E-state index is 0.0364. The molecule has 0 fully saturated rings. The van der Waals surface area contributed by atoms with E-state index in [1.54, 1.807) is 0 Å². The monoisotopic (exact) mass is 401 g/mol. The summed E-state index contributed by atoms with van der Waals surface area (Å²) < 4.78 is 6.86. The van der Waals surface area contributed by atoms with Gasteiger partial charge >= 0.3 is 5.97 Å². The predicted molar refractivity (Wildman–Crippen MR) is 105 cm³/mol. The number of rotatable bonds is 3. The van der Waals surface area contributed by atoms with Gasteiger partial charge in [0.2, 0.25) is 0 Å². The molecular formula is C21H24BrNO2. The average Bonchev–Trinajstić information content (AvgIpc) is 2.56. The Morgan fingerprint density at radius 2 is 2.00 bits per heavy atom. The first-order valence-electron chi connectivity index (χ1n) is 8.65. The second-order valence-electron chi connectivity index (χ2n) is 7.22. The highest BCUT2D eigenvalue weighted by Crippen LogP contribution is 2.53. The second kappa shape index (κ2) is 6.83. The predicted octanol–water partition coefficient (Wildman–Crippen LogP) is 5.81. The molecule has 0 amide bonds. The number of hydrogen-bond acceptors (Lipinski definition) is 3. The highest BCUT2D eigenvalue weighted by Gasteiger charge is 2.46. The number of nitrogens with one attached hydrogen (secondary N) is 1. The molecule has 2 atom stereocenters. The molecule has 3 nitrogen and oxygen atoms in total. The fourth-order valence-corrected chi connectivity index (χ4v) is 4.07. The van der Waals surface area contributed by atoms with Crippen LogP contribution in [-0.2, 0) is 16.0 Å². The molecule has 1 heterocycles. The van der Waals surface area contributed by atoms with Gasteiger partial charge in [-0.2, -0.15) is 0 Å². The van der Waals surface area contributed by atoms with Crippen molar-refractivity contribution >= 4 is 27.6 Å². The Kier molecular flexibility index (Phi) is 4.92. The lowest BCUT2D eigenvalue weighted by Crippen LogP contribution is -2.40. The van der Waals surface area contributed by atoms with Crippen LogP contribution in [0.1, 0.15) is 56.5 Å². The number of carbonyl (C=O) groups excluding carboxylic acids is 1. The van der Waals surface area contributed by atoms with Crippen LogP contribution in [-0.4, -0.2) is 5.97 Å². The Labute approximate surface area is 157 Å². The van der Waals surface area contributed by atoms with E-state index in [9.17, 15) is 4.79 Å². The van der Waals surface area contributed by atoms with Crippen molar-refractivity contribution < 1.29 is 9.53 Å². The van der Waals surface area contributed by atoms with E-state index >= 15 is 0 Å². The van der Waals surface area contributed by atoms with E-state index < -0.39 is 0 Å². The molecule has 0 saturated heterocycles. The molecule has 1 N–H and O–H groups in total. The number of esters is 1. The van der Waals surface area contributed by atoms with Gasteiger partial charge in [0.1, 0.15) is 6.10 Å². The lowest BCUT2D eigenvalue weighted by molar-refractivity contribution is -0.154. The first kappa shape index (κ1) is 18.0. The van der Waals surface area contributed by atoms with E-state index in [4.69, 9.17) is 4.74 Å². The van der Waals surface area contributed by atoms with Crippen LogP contribution >= 0.6 is 15.9 Å². The average molecular weight is 402 g/mol. The number of carbonyl (C=O) groups is 1. The highest BCUT2D eigenvalue weighted by molar-refractivity contribution is 9.10. The van der Waals surface area contributed by atoms with Crippen LogP contribution in [0, 0.1) is 5.41 Å². The third-order valence-electron chi connectivity index (χ3n) is 4.99. The summed E-state index contributed by atoms with van der Waals surface area (Å²) in [6.07, 6.45) is 0.659. The molecule has 132 valence electrons. The molecule has 2 aromatic rings. The van der Waals surface area contributed by atoms with Crippen LogP contribution in [0.5, 0.6) is 0 Å². The summed E-state index contributed by atoms with van der Waals surface area (Å²) in [7, 11) is 0. The Morgan fingerprint density at radius 1 is 1.24 bits per heavy atom. The smallest absolute Gasteiger partial charge is 0.303 e. The molecule has 0 unspecified atom stereocenters. The quantitative estimate of drug-likeness (QED) is 0.659. The SMILES string of the molecule is CCc1ccc2c(c1)[C@@H](OC(C)=O)C(C)(C)[C@H](c1cccc(Br)c1)N2. The zero-order chi connectivity index (χ0) is 18.2. The van der Waals surface area contributed by atoms with Crippen LogP contribution in [0.15, 0.2) is 46.9 Å². The summed E-state index contributed by atoms with van der Waals surface area (Å²) in [5.74, 6) is -0.249. The van der Waals surface area contributed by atoms with Crippen LogP contribution in [0.4, 0.5) is 5.69 Å². The van der Waals surface area contributed by atoms with E-state index in [0.717, 1.165) is 22.1 Å². The lowest BCUT2D eigenvalue weighted by Gasteiger charge is -2.46. The molecule has 2 aromatic carbocycles. The van der Waals surface area contributed by atoms with Crippen molar-refractivity contribution in [3.63, 3.8) is 0 Å². The largest absolute Gasteiger partial charge is 0.457 e. The van der Waals surface area contributed by atoms with Crippen molar-refractivity contribution in [2.24, 2.45) is 5.41 Å². The van der Waals surface area contributed by atoms with Gasteiger partial charge < -0.3 is 10.1 Å². The topological polar surface area (TPSA) is 38.3 Å². The van der Waals surface area contributed by atoms with Gasteiger partial charge in [-0.25, -0.2) is 0 Å². The maximum Gasteiger partial charge on any atom is 0.303 e. The molecular weight excluding hydrogens is 378 g/mol. The number of hydrogen-bond donors (Lipinski definition) is 1. The van der Waals surface area contributed by atoms with Gasteiger partial charge in [0.15, 0.2) is 0 Å². The molecule has 1 aliphatic heterocycles. The number of benzene rings is 2. The Bertz CT molecular complexity index is 800. The molecule has 3 rings (SSSR count). The van der Waals surface area contributed by atoms with Crippen molar-refractivity contribution in [3.05, 3.63) is 63.6 Å². The zero-order valence-electron chi connectivity index (χ0n) is 15.1. The molecule has 0 bridgehead atoms. The molecule has 25 heavy (non-hydrogen) atoms. The first-order chi connectivity index (χ1) is 11.8. The Balaban J connectivity index is 2.13. The standard InChI is InChI=1S/C21H24BrNO2/c1-5-14-9-10-18-17(11-14)20(25-13(2)24)21(3,4)19(23-18)15-7-6-8-16(22)12-15/h6-12,19-20,23H,5H2,1-4H3/t19-,20+/m0/s1. The molecule has 0 aromatic heterocycles. The van der Waals surface area contributed by atoms with Crippen LogP contribution in [0.2, 0.25) is 0 Å². The van der Waals surface area contributed by atoms with Crippen LogP contribution in [0.3, 0.4) is 0 Å². The minimum Gasteiger partial charge on any atom is -0.457 e. The van der Waals surface area contributed by atoms with Gasteiger partial charge in [0.05, 0.1) is 6.04 Å². The fraction of sp³-hybridized carbons (Fsp3) is 0.381. The van der Waals surface area contributed by atoms with Crippen LogP contribution in [0.25, 0.3) is 0 Å². The fourth-order valence-electron chi connectivity index (χ4n) is 3.65. The van der Waals surface area contributed by atoms with Gasteiger partial charge in [-0.05, 0) is 35.7 Å². The van der Waals surface area contributed by atoms with Crippen molar-refractivity contribution in [1.29, 1.82) is 0 Å². The van der Waals surface area contributed by atoms with E-state index in [-0.39, 0.29) is 23.5 Å². The molecule has 4 heteroatoms. The van der Waals surface area contributed by atoms with Gasteiger partial charge in [-0.3, -0.25) is 4.79 Å². The minimum atomic E-state index is -0.300. The van der Waals surface area contributed by atoms with Gasteiger partial charge in [-0.1, -0.05) is 61.0 Å². The second-order valence-corrected chi connectivity index (χ2v) is 8.13. The number of aryl methyl sites for hydroxylation is 1. The normalized spacial score (nSPS) is 21.2. The third-order valence-corrected chi connectivity index (χ3v) is 5.49. The maximum atomic E-state index is 11.8. The lowest BCUT2D eigenvalue weighted by atomic mass is 9.70. The summed E-state index contributed by atoms with van der Waals surface area (Å²) in [5.41, 5.74) is 4.21. The maximum absolute atomic E-state index is 11.8.